The number of aromatic nitrogens is 2. The van der Waals surface area contributed by atoms with Gasteiger partial charge in [-0.1, -0.05) is 194 Å². The van der Waals surface area contributed by atoms with Crippen LogP contribution in [0.3, 0.4) is 0 Å². The summed E-state index contributed by atoms with van der Waals surface area (Å²) in [6.45, 7) is 0. The summed E-state index contributed by atoms with van der Waals surface area (Å²) in [5.74, 6) is 0.695. The first kappa shape index (κ1) is 36.2. The molecule has 1 aliphatic rings. The van der Waals surface area contributed by atoms with Crippen molar-refractivity contribution in [2.45, 2.75) is 5.41 Å². The van der Waals surface area contributed by atoms with E-state index in [0.717, 1.165) is 44.8 Å². The van der Waals surface area contributed by atoms with E-state index in [1.807, 2.05) is 17.4 Å². The maximum atomic E-state index is 5.34. The lowest BCUT2D eigenvalue weighted by Crippen LogP contribution is -2.28. The van der Waals surface area contributed by atoms with Gasteiger partial charge in [-0.2, -0.15) is 0 Å². The zero-order valence-electron chi connectivity index (χ0n) is 33.7. The summed E-state index contributed by atoms with van der Waals surface area (Å²) >= 11 is 1.85. The number of fused-ring (bicyclic) bond motifs is 6. The Kier molecular flexibility index (Phi) is 8.62. The van der Waals surface area contributed by atoms with Crippen molar-refractivity contribution in [2.24, 2.45) is 0 Å². The van der Waals surface area contributed by atoms with Crippen molar-refractivity contribution in [3.63, 3.8) is 0 Å². The van der Waals surface area contributed by atoms with Crippen LogP contribution in [0.1, 0.15) is 22.3 Å². The van der Waals surface area contributed by atoms with E-state index in [1.54, 1.807) is 0 Å². The fourth-order valence-electron chi connectivity index (χ4n) is 9.78. The van der Waals surface area contributed by atoms with Crippen molar-refractivity contribution in [3.05, 3.63) is 253 Å². The highest BCUT2D eigenvalue weighted by Crippen LogP contribution is 2.57. The Labute approximate surface area is 365 Å². The predicted molar refractivity (Wildman–Crippen MR) is 259 cm³/mol. The van der Waals surface area contributed by atoms with Crippen LogP contribution in [0.2, 0.25) is 0 Å². The molecule has 0 bridgehead atoms. The SMILES string of the molecule is c1ccc(-c2nc(-c3cccc(-c4ccc5sc6ccccc6c5c4)c3)cc(-c3ccccc3-c3ccc4c(c3)C(c3ccccc3)(c3ccccc3)c3ccccc3-4)n2)cc1. The number of nitrogens with zero attached hydrogens (tertiary/aromatic N) is 2. The molecule has 0 spiro atoms. The van der Waals surface area contributed by atoms with Crippen LogP contribution in [-0.2, 0) is 5.41 Å². The van der Waals surface area contributed by atoms with E-state index in [4.69, 9.17) is 9.97 Å². The summed E-state index contributed by atoms with van der Waals surface area (Å²) in [4.78, 5) is 10.6. The van der Waals surface area contributed by atoms with Crippen LogP contribution >= 0.6 is 11.3 Å². The lowest BCUT2D eigenvalue weighted by Gasteiger charge is -2.34. The van der Waals surface area contributed by atoms with Gasteiger partial charge in [-0.05, 0) is 92.0 Å². The van der Waals surface area contributed by atoms with E-state index < -0.39 is 5.41 Å². The van der Waals surface area contributed by atoms with Gasteiger partial charge < -0.3 is 0 Å². The highest BCUT2D eigenvalue weighted by molar-refractivity contribution is 7.25. The number of rotatable bonds is 7. The van der Waals surface area contributed by atoms with Crippen molar-refractivity contribution in [1.82, 2.24) is 9.97 Å². The number of thiophene rings is 1. The minimum absolute atomic E-state index is 0.492. The first-order valence-corrected chi connectivity index (χ1v) is 22.0. The van der Waals surface area contributed by atoms with Crippen LogP contribution in [0.15, 0.2) is 231 Å². The van der Waals surface area contributed by atoms with Crippen LogP contribution in [0, 0.1) is 0 Å². The first-order chi connectivity index (χ1) is 30.7. The molecule has 0 N–H and O–H groups in total. The monoisotopic (exact) mass is 806 g/mol. The summed E-state index contributed by atoms with van der Waals surface area (Å²) in [5.41, 5.74) is 16.6. The average Bonchev–Trinajstić information content (AvgIpc) is 3.88. The molecule has 290 valence electrons. The van der Waals surface area contributed by atoms with Gasteiger partial charge in [-0.3, -0.25) is 0 Å². The van der Waals surface area contributed by atoms with Gasteiger partial charge in [-0.15, -0.1) is 11.3 Å². The summed E-state index contributed by atoms with van der Waals surface area (Å²) in [6.07, 6.45) is 0. The third kappa shape index (κ3) is 5.85. The molecule has 0 radical (unpaired) electrons. The highest BCUT2D eigenvalue weighted by Gasteiger charge is 2.46. The van der Waals surface area contributed by atoms with Crippen LogP contribution in [0.25, 0.3) is 87.5 Å². The van der Waals surface area contributed by atoms with Crippen LogP contribution in [0.4, 0.5) is 0 Å². The standard InChI is InChI=1S/C59H38N2S/c1-4-17-39(18-5-1)58-60-54(43-20-16-19-40(35-43)41-32-34-57-51(36-41)50-28-13-15-30-56(50)62-57)38-55(61-58)49-27-11-10-25-46(49)42-31-33-48-47-26-12-14-29-52(47)59(53(48)37-42,44-21-6-2-7-22-44)45-23-8-3-9-24-45/h1-38H. The molecule has 0 unspecified atom stereocenters. The summed E-state index contributed by atoms with van der Waals surface area (Å²) in [7, 11) is 0. The number of hydrogen-bond donors (Lipinski definition) is 0. The van der Waals surface area contributed by atoms with E-state index in [9.17, 15) is 0 Å². The van der Waals surface area contributed by atoms with Gasteiger partial charge in [-0.25, -0.2) is 9.97 Å². The van der Waals surface area contributed by atoms with Gasteiger partial charge >= 0.3 is 0 Å². The molecule has 12 rings (SSSR count). The minimum atomic E-state index is -0.492. The summed E-state index contributed by atoms with van der Waals surface area (Å²) in [6, 6.07) is 83.5. The second kappa shape index (κ2) is 14.8. The van der Waals surface area contributed by atoms with Crippen LogP contribution in [0.5, 0.6) is 0 Å². The molecule has 0 saturated heterocycles. The Morgan fingerprint density at radius 2 is 0.871 bits per heavy atom. The maximum Gasteiger partial charge on any atom is 0.160 e. The summed E-state index contributed by atoms with van der Waals surface area (Å²) in [5, 5.41) is 2.59. The molecule has 2 nitrogen and oxygen atoms in total. The Hall–Kier alpha value is -7.72. The normalized spacial score (nSPS) is 12.6. The van der Waals surface area contributed by atoms with Crippen molar-refractivity contribution in [1.29, 1.82) is 0 Å². The topological polar surface area (TPSA) is 25.8 Å². The molecule has 0 atom stereocenters. The van der Waals surface area contributed by atoms with Crippen molar-refractivity contribution in [2.75, 3.05) is 0 Å². The third-order valence-electron chi connectivity index (χ3n) is 12.6. The summed E-state index contributed by atoms with van der Waals surface area (Å²) < 4.78 is 2.61. The Bertz CT molecular complexity index is 3420. The number of hydrogen-bond acceptors (Lipinski definition) is 3. The second-order valence-electron chi connectivity index (χ2n) is 16.1. The predicted octanol–water partition coefficient (Wildman–Crippen LogP) is 15.5. The molecule has 0 fully saturated rings. The zero-order chi connectivity index (χ0) is 41.0. The van der Waals surface area contributed by atoms with Crippen LogP contribution < -0.4 is 0 Å². The van der Waals surface area contributed by atoms with Crippen molar-refractivity contribution < 1.29 is 0 Å². The van der Waals surface area contributed by atoms with Gasteiger partial charge in [0.05, 0.1) is 16.8 Å². The number of benzene rings is 9. The molecule has 0 amide bonds. The molecule has 0 saturated carbocycles. The molecule has 9 aromatic carbocycles. The Balaban J connectivity index is 1.02. The molecule has 3 heteroatoms. The molecular weight excluding hydrogens is 769 g/mol. The Morgan fingerprint density at radius 3 is 1.66 bits per heavy atom. The lowest BCUT2D eigenvalue weighted by atomic mass is 9.67. The highest BCUT2D eigenvalue weighted by atomic mass is 32.1. The zero-order valence-corrected chi connectivity index (χ0v) is 34.6. The quantitative estimate of drug-likeness (QED) is 0.160. The fraction of sp³-hybridized carbons (Fsp3) is 0.0169. The molecule has 2 aromatic heterocycles. The van der Waals surface area contributed by atoms with E-state index in [2.05, 4.69) is 224 Å². The van der Waals surface area contributed by atoms with Gasteiger partial charge in [0.15, 0.2) is 5.82 Å². The molecular formula is C59H38N2S. The van der Waals surface area contributed by atoms with Crippen LogP contribution in [-0.4, -0.2) is 9.97 Å². The van der Waals surface area contributed by atoms with Gasteiger partial charge in [0.25, 0.3) is 0 Å². The second-order valence-corrected chi connectivity index (χ2v) is 17.1. The maximum absolute atomic E-state index is 5.34. The van der Waals surface area contributed by atoms with Gasteiger partial charge in [0, 0.05) is 36.9 Å². The van der Waals surface area contributed by atoms with E-state index in [-0.39, 0.29) is 0 Å². The average molecular weight is 807 g/mol. The molecule has 62 heavy (non-hydrogen) atoms. The third-order valence-corrected chi connectivity index (χ3v) is 13.8. The van der Waals surface area contributed by atoms with E-state index >= 15 is 0 Å². The van der Waals surface area contributed by atoms with Crippen molar-refractivity contribution >= 4 is 31.5 Å². The largest absolute Gasteiger partial charge is 0.228 e. The van der Waals surface area contributed by atoms with E-state index in [0.29, 0.717) is 5.82 Å². The van der Waals surface area contributed by atoms with Gasteiger partial charge in [0.2, 0.25) is 0 Å². The first-order valence-electron chi connectivity index (χ1n) is 21.1. The Morgan fingerprint density at radius 1 is 0.306 bits per heavy atom. The molecule has 0 aliphatic heterocycles. The van der Waals surface area contributed by atoms with E-state index in [1.165, 1.54) is 59.1 Å². The molecule has 11 aromatic rings. The minimum Gasteiger partial charge on any atom is -0.228 e. The van der Waals surface area contributed by atoms with Crippen molar-refractivity contribution in [3.8, 4) is 67.3 Å². The smallest absolute Gasteiger partial charge is 0.160 e. The van der Waals surface area contributed by atoms with Gasteiger partial charge in [0.1, 0.15) is 0 Å². The lowest BCUT2D eigenvalue weighted by molar-refractivity contribution is 0.769. The fourth-order valence-corrected chi connectivity index (χ4v) is 10.9. The molecule has 1 aliphatic carbocycles. The molecule has 2 heterocycles.